The van der Waals surface area contributed by atoms with Gasteiger partial charge in [0.2, 0.25) is 0 Å². The van der Waals surface area contributed by atoms with Crippen LogP contribution in [-0.4, -0.2) is 5.60 Å². The smallest absolute Gasteiger partial charge is 0.120 e. The Kier molecular flexibility index (Phi) is 3.68. The highest BCUT2D eigenvalue weighted by molar-refractivity contribution is 5.82. The van der Waals surface area contributed by atoms with Crippen LogP contribution in [0.25, 0.3) is 22.3 Å². The molecule has 0 heterocycles. The van der Waals surface area contributed by atoms with Gasteiger partial charge in [-0.15, -0.1) is 0 Å². The van der Waals surface area contributed by atoms with Crippen molar-refractivity contribution in [3.8, 4) is 28.0 Å². The van der Waals surface area contributed by atoms with Crippen molar-refractivity contribution in [1.29, 1.82) is 0 Å². The summed E-state index contributed by atoms with van der Waals surface area (Å²) in [7, 11) is 0. The molecule has 0 aliphatic heterocycles. The Labute approximate surface area is 150 Å². The Balaban J connectivity index is 1.70. The van der Waals surface area contributed by atoms with Crippen LogP contribution in [0.3, 0.4) is 0 Å². The highest BCUT2D eigenvalue weighted by atomic mass is 16.5. The van der Waals surface area contributed by atoms with Gasteiger partial charge >= 0.3 is 0 Å². The van der Waals surface area contributed by atoms with E-state index in [0.29, 0.717) is 5.92 Å². The van der Waals surface area contributed by atoms with Crippen LogP contribution in [0.5, 0.6) is 5.75 Å². The van der Waals surface area contributed by atoms with Gasteiger partial charge in [0.15, 0.2) is 0 Å². The van der Waals surface area contributed by atoms with Crippen LogP contribution in [0.4, 0.5) is 0 Å². The Bertz CT molecular complexity index is 914. The third-order valence-corrected chi connectivity index (χ3v) is 4.85. The average molecular weight is 328 g/mol. The molecule has 3 aromatic carbocycles. The molecule has 0 radical (unpaired) electrons. The molecule has 0 saturated carbocycles. The molecule has 1 aliphatic carbocycles. The number of rotatable bonds is 2. The molecule has 126 valence electrons. The SMILES string of the molecule is C[C@H]1c2ccccc2-c2cc(-c3ccc(OC(C)(C)C)cc3)ccc21. The van der Waals surface area contributed by atoms with E-state index in [1.165, 1.54) is 33.4 Å². The van der Waals surface area contributed by atoms with E-state index in [0.717, 1.165) is 5.75 Å². The Hall–Kier alpha value is -2.54. The second-order valence-corrected chi connectivity index (χ2v) is 7.85. The Morgan fingerprint density at radius 2 is 1.36 bits per heavy atom. The lowest BCUT2D eigenvalue weighted by Crippen LogP contribution is -2.22. The molecular formula is C24H24O. The van der Waals surface area contributed by atoms with Crippen molar-refractivity contribution in [1.82, 2.24) is 0 Å². The quantitative estimate of drug-likeness (QED) is 0.511. The minimum atomic E-state index is -0.172. The normalized spacial score (nSPS) is 15.6. The summed E-state index contributed by atoms with van der Waals surface area (Å²) >= 11 is 0. The lowest BCUT2D eigenvalue weighted by atomic mass is 9.96. The van der Waals surface area contributed by atoms with Gasteiger partial charge in [-0.3, -0.25) is 0 Å². The van der Waals surface area contributed by atoms with Crippen LogP contribution in [-0.2, 0) is 0 Å². The van der Waals surface area contributed by atoms with Gasteiger partial charge in [0.05, 0.1) is 0 Å². The zero-order valence-electron chi connectivity index (χ0n) is 15.3. The van der Waals surface area contributed by atoms with E-state index < -0.39 is 0 Å². The van der Waals surface area contributed by atoms with Crippen LogP contribution in [0.2, 0.25) is 0 Å². The van der Waals surface area contributed by atoms with E-state index in [1.54, 1.807) is 0 Å². The fraction of sp³-hybridized carbons (Fsp3) is 0.250. The van der Waals surface area contributed by atoms with E-state index in [2.05, 4.69) is 94.4 Å². The molecule has 0 spiro atoms. The molecule has 0 unspecified atom stereocenters. The van der Waals surface area contributed by atoms with Crippen LogP contribution in [0, 0.1) is 0 Å². The molecule has 25 heavy (non-hydrogen) atoms. The molecule has 0 saturated heterocycles. The van der Waals surface area contributed by atoms with Crippen LogP contribution >= 0.6 is 0 Å². The summed E-state index contributed by atoms with van der Waals surface area (Å²) in [6.07, 6.45) is 0. The fourth-order valence-corrected chi connectivity index (χ4v) is 3.70. The molecular weight excluding hydrogens is 304 g/mol. The summed E-state index contributed by atoms with van der Waals surface area (Å²) < 4.78 is 5.93. The van der Waals surface area contributed by atoms with Crippen LogP contribution in [0.15, 0.2) is 66.7 Å². The third kappa shape index (κ3) is 2.95. The second-order valence-electron chi connectivity index (χ2n) is 7.85. The molecule has 1 heteroatoms. The van der Waals surface area contributed by atoms with E-state index in [9.17, 15) is 0 Å². The summed E-state index contributed by atoms with van der Waals surface area (Å²) in [5.41, 5.74) is 7.91. The number of ether oxygens (including phenoxy) is 1. The number of hydrogen-bond acceptors (Lipinski definition) is 1. The molecule has 0 amide bonds. The minimum Gasteiger partial charge on any atom is -0.488 e. The fourth-order valence-electron chi connectivity index (χ4n) is 3.70. The molecule has 1 aliphatic rings. The first-order valence-corrected chi connectivity index (χ1v) is 8.95. The van der Waals surface area contributed by atoms with Gasteiger partial charge in [-0.1, -0.05) is 55.5 Å². The van der Waals surface area contributed by atoms with Gasteiger partial charge in [-0.2, -0.15) is 0 Å². The summed E-state index contributed by atoms with van der Waals surface area (Å²) in [4.78, 5) is 0. The molecule has 4 rings (SSSR count). The lowest BCUT2D eigenvalue weighted by Gasteiger charge is -2.21. The van der Waals surface area contributed by atoms with Gasteiger partial charge in [-0.25, -0.2) is 0 Å². The topological polar surface area (TPSA) is 9.23 Å². The van der Waals surface area contributed by atoms with Gasteiger partial charge in [0, 0.05) is 5.92 Å². The highest BCUT2D eigenvalue weighted by Crippen LogP contribution is 2.45. The van der Waals surface area contributed by atoms with E-state index in [1.807, 2.05) is 0 Å². The summed E-state index contributed by atoms with van der Waals surface area (Å²) in [5.74, 6) is 1.39. The second kappa shape index (κ2) is 5.77. The first-order chi connectivity index (χ1) is 11.9. The van der Waals surface area contributed by atoms with Gasteiger partial charge in [0.1, 0.15) is 11.4 Å². The lowest BCUT2D eigenvalue weighted by molar-refractivity contribution is 0.131. The number of fused-ring (bicyclic) bond motifs is 3. The van der Waals surface area contributed by atoms with Crippen molar-refractivity contribution in [3.05, 3.63) is 77.9 Å². The van der Waals surface area contributed by atoms with Crippen molar-refractivity contribution in [2.75, 3.05) is 0 Å². The first kappa shape index (κ1) is 16.0. The van der Waals surface area contributed by atoms with Crippen molar-refractivity contribution < 1.29 is 4.74 Å². The first-order valence-electron chi connectivity index (χ1n) is 8.95. The van der Waals surface area contributed by atoms with Crippen molar-refractivity contribution >= 4 is 0 Å². The molecule has 0 aromatic heterocycles. The van der Waals surface area contributed by atoms with Crippen LogP contribution < -0.4 is 4.74 Å². The molecule has 0 bridgehead atoms. The standard InChI is InChI=1S/C24H24O/c1-16-20-7-5-6-8-22(20)23-15-18(11-14-21(16)23)17-9-12-19(13-10-17)25-24(2,3)4/h5-16H,1-4H3/t16-/m0/s1. The highest BCUT2D eigenvalue weighted by Gasteiger charge is 2.25. The van der Waals surface area contributed by atoms with Gasteiger partial charge in [-0.05, 0) is 72.4 Å². The van der Waals surface area contributed by atoms with E-state index in [4.69, 9.17) is 4.74 Å². The summed E-state index contributed by atoms with van der Waals surface area (Å²) in [5, 5.41) is 0. The van der Waals surface area contributed by atoms with E-state index in [-0.39, 0.29) is 5.60 Å². The maximum atomic E-state index is 5.93. The largest absolute Gasteiger partial charge is 0.488 e. The summed E-state index contributed by atoms with van der Waals surface area (Å²) in [6, 6.07) is 24.0. The molecule has 1 atom stereocenters. The third-order valence-electron chi connectivity index (χ3n) is 4.85. The average Bonchev–Trinajstić information content (AvgIpc) is 2.87. The molecule has 3 aromatic rings. The predicted molar refractivity (Wildman–Crippen MR) is 105 cm³/mol. The Morgan fingerprint density at radius 1 is 0.720 bits per heavy atom. The Morgan fingerprint density at radius 3 is 2.08 bits per heavy atom. The predicted octanol–water partition coefficient (Wildman–Crippen LogP) is 6.66. The van der Waals surface area contributed by atoms with Crippen molar-refractivity contribution in [3.63, 3.8) is 0 Å². The zero-order chi connectivity index (χ0) is 17.6. The molecule has 0 fully saturated rings. The summed E-state index contributed by atoms with van der Waals surface area (Å²) in [6.45, 7) is 8.50. The minimum absolute atomic E-state index is 0.172. The van der Waals surface area contributed by atoms with E-state index >= 15 is 0 Å². The number of benzene rings is 3. The van der Waals surface area contributed by atoms with Crippen molar-refractivity contribution in [2.24, 2.45) is 0 Å². The molecule has 1 nitrogen and oxygen atoms in total. The zero-order valence-corrected chi connectivity index (χ0v) is 15.3. The monoisotopic (exact) mass is 328 g/mol. The number of hydrogen-bond donors (Lipinski definition) is 0. The molecule has 0 N–H and O–H groups in total. The van der Waals surface area contributed by atoms with Crippen LogP contribution in [0.1, 0.15) is 44.7 Å². The van der Waals surface area contributed by atoms with Gasteiger partial charge < -0.3 is 4.74 Å². The maximum Gasteiger partial charge on any atom is 0.120 e. The van der Waals surface area contributed by atoms with Crippen molar-refractivity contribution in [2.45, 2.75) is 39.2 Å². The van der Waals surface area contributed by atoms with Gasteiger partial charge in [0.25, 0.3) is 0 Å². The maximum absolute atomic E-state index is 5.93.